The number of ether oxygens (including phenoxy) is 1. The lowest BCUT2D eigenvalue weighted by atomic mass is 9.97. The maximum Gasteiger partial charge on any atom is 0.310 e. The summed E-state index contributed by atoms with van der Waals surface area (Å²) in [7, 11) is 0. The first-order valence-corrected chi connectivity index (χ1v) is 8.10. The molecule has 110 valence electrons. The van der Waals surface area contributed by atoms with Crippen LogP contribution in [0.3, 0.4) is 0 Å². The molecule has 0 unspecified atom stereocenters. The smallest absolute Gasteiger partial charge is 0.310 e. The molecular weight excluding hydrogens is 274 g/mol. The molecule has 1 aromatic heterocycles. The molecule has 0 aliphatic carbocycles. The van der Waals surface area contributed by atoms with Gasteiger partial charge in [-0.05, 0) is 48.6 Å². The predicted octanol–water partition coefficient (Wildman–Crippen LogP) is 2.48. The Kier molecular flexibility index (Phi) is 5.59. The van der Waals surface area contributed by atoms with Gasteiger partial charge in [0.15, 0.2) is 0 Å². The average Bonchev–Trinajstić information content (AvgIpc) is 2.98. The molecule has 1 aromatic rings. The highest BCUT2D eigenvalue weighted by Gasteiger charge is 2.28. The van der Waals surface area contributed by atoms with Crippen molar-refractivity contribution in [2.75, 3.05) is 19.7 Å². The number of hydrogen-bond donors (Lipinski definition) is 0. The molecule has 1 saturated heterocycles. The summed E-state index contributed by atoms with van der Waals surface area (Å²) in [6.45, 7) is 3.49. The Morgan fingerprint density at radius 2 is 2.35 bits per heavy atom. The average molecular weight is 295 g/mol. The molecule has 0 saturated carbocycles. The monoisotopic (exact) mass is 295 g/mol. The number of carbonyl (C=O) groups is 2. The first-order chi connectivity index (χ1) is 9.70. The number of amides is 1. The van der Waals surface area contributed by atoms with Crippen LogP contribution in [0.15, 0.2) is 16.8 Å². The Labute approximate surface area is 123 Å². The Morgan fingerprint density at radius 3 is 3.05 bits per heavy atom. The number of likely N-dealkylation sites (tertiary alicyclic amines) is 1. The minimum Gasteiger partial charge on any atom is -0.466 e. The lowest BCUT2D eigenvalue weighted by molar-refractivity contribution is -0.151. The van der Waals surface area contributed by atoms with Gasteiger partial charge in [-0.15, -0.1) is 0 Å². The summed E-state index contributed by atoms with van der Waals surface area (Å²) in [6.07, 6.45) is 3.01. The van der Waals surface area contributed by atoms with Gasteiger partial charge in [0.05, 0.1) is 12.5 Å². The van der Waals surface area contributed by atoms with Crippen molar-refractivity contribution in [2.45, 2.75) is 32.6 Å². The van der Waals surface area contributed by atoms with E-state index in [1.807, 2.05) is 17.2 Å². The molecule has 0 N–H and O–H groups in total. The number of rotatable bonds is 5. The fourth-order valence-corrected chi connectivity index (χ4v) is 3.20. The van der Waals surface area contributed by atoms with E-state index in [9.17, 15) is 9.59 Å². The Hall–Kier alpha value is -1.36. The molecule has 0 aromatic carbocycles. The fraction of sp³-hybridized carbons (Fsp3) is 0.600. The molecule has 1 aliphatic heterocycles. The number of nitrogens with zero attached hydrogens (tertiary/aromatic N) is 1. The standard InChI is InChI=1S/C15H21NO3S/c1-2-19-15(18)13-4-3-8-16(10-13)14(17)6-5-12-7-9-20-11-12/h7,9,11,13H,2-6,8,10H2,1H3/t13-/m0/s1. The van der Waals surface area contributed by atoms with Crippen LogP contribution in [0.1, 0.15) is 31.7 Å². The zero-order chi connectivity index (χ0) is 14.4. The van der Waals surface area contributed by atoms with Crippen molar-refractivity contribution in [1.29, 1.82) is 0 Å². The Bertz CT molecular complexity index is 444. The van der Waals surface area contributed by atoms with Crippen molar-refractivity contribution in [2.24, 2.45) is 5.92 Å². The van der Waals surface area contributed by atoms with E-state index in [1.54, 1.807) is 11.3 Å². The third-order valence-electron chi connectivity index (χ3n) is 3.60. The summed E-state index contributed by atoms with van der Waals surface area (Å²) < 4.78 is 5.05. The molecule has 1 amide bonds. The van der Waals surface area contributed by atoms with Crippen molar-refractivity contribution in [1.82, 2.24) is 4.90 Å². The fourth-order valence-electron chi connectivity index (χ4n) is 2.50. The molecule has 0 radical (unpaired) electrons. The molecule has 1 atom stereocenters. The van der Waals surface area contributed by atoms with Crippen LogP contribution in [0, 0.1) is 5.92 Å². The Morgan fingerprint density at radius 1 is 1.50 bits per heavy atom. The number of thiophene rings is 1. The van der Waals surface area contributed by atoms with Gasteiger partial charge in [0.25, 0.3) is 0 Å². The summed E-state index contributed by atoms with van der Waals surface area (Å²) in [4.78, 5) is 25.8. The van der Waals surface area contributed by atoms with Gasteiger partial charge in [0, 0.05) is 19.5 Å². The summed E-state index contributed by atoms with van der Waals surface area (Å²) in [6, 6.07) is 2.05. The molecule has 1 fully saturated rings. The predicted molar refractivity (Wildman–Crippen MR) is 78.6 cm³/mol. The molecular formula is C15H21NO3S. The van der Waals surface area contributed by atoms with E-state index in [0.717, 1.165) is 25.8 Å². The van der Waals surface area contributed by atoms with Crippen LogP contribution in [-0.4, -0.2) is 36.5 Å². The van der Waals surface area contributed by atoms with Gasteiger partial charge in [-0.2, -0.15) is 11.3 Å². The van der Waals surface area contributed by atoms with E-state index in [-0.39, 0.29) is 17.8 Å². The number of carbonyl (C=O) groups excluding carboxylic acids is 2. The van der Waals surface area contributed by atoms with Gasteiger partial charge in [0.2, 0.25) is 5.91 Å². The summed E-state index contributed by atoms with van der Waals surface area (Å²) in [5.41, 5.74) is 1.21. The topological polar surface area (TPSA) is 46.6 Å². The van der Waals surface area contributed by atoms with Crippen LogP contribution < -0.4 is 0 Å². The summed E-state index contributed by atoms with van der Waals surface area (Å²) in [5.74, 6) is -0.165. The van der Waals surface area contributed by atoms with Crippen molar-refractivity contribution in [3.05, 3.63) is 22.4 Å². The van der Waals surface area contributed by atoms with Gasteiger partial charge >= 0.3 is 5.97 Å². The van der Waals surface area contributed by atoms with Crippen LogP contribution in [0.25, 0.3) is 0 Å². The van der Waals surface area contributed by atoms with Gasteiger partial charge in [-0.3, -0.25) is 9.59 Å². The number of aryl methyl sites for hydroxylation is 1. The molecule has 5 heteroatoms. The van der Waals surface area contributed by atoms with Crippen LogP contribution in [-0.2, 0) is 20.7 Å². The lowest BCUT2D eigenvalue weighted by Gasteiger charge is -2.31. The third kappa shape index (κ3) is 4.07. The zero-order valence-electron chi connectivity index (χ0n) is 11.8. The molecule has 2 rings (SSSR count). The van der Waals surface area contributed by atoms with Gasteiger partial charge < -0.3 is 9.64 Å². The van der Waals surface area contributed by atoms with Crippen LogP contribution in [0.5, 0.6) is 0 Å². The zero-order valence-corrected chi connectivity index (χ0v) is 12.7. The minimum atomic E-state index is -0.164. The largest absolute Gasteiger partial charge is 0.466 e. The highest BCUT2D eigenvalue weighted by molar-refractivity contribution is 7.07. The third-order valence-corrected chi connectivity index (χ3v) is 4.33. The maximum atomic E-state index is 12.2. The minimum absolute atomic E-state index is 0.144. The van der Waals surface area contributed by atoms with Crippen molar-refractivity contribution in [3.63, 3.8) is 0 Å². The lowest BCUT2D eigenvalue weighted by Crippen LogP contribution is -2.42. The summed E-state index contributed by atoms with van der Waals surface area (Å²) >= 11 is 1.65. The first kappa shape index (κ1) is 15.0. The van der Waals surface area contributed by atoms with Crippen LogP contribution in [0.4, 0.5) is 0 Å². The van der Waals surface area contributed by atoms with Gasteiger partial charge in [0.1, 0.15) is 0 Å². The highest BCUT2D eigenvalue weighted by atomic mass is 32.1. The number of piperidine rings is 1. The number of hydrogen-bond acceptors (Lipinski definition) is 4. The molecule has 0 spiro atoms. The van der Waals surface area contributed by atoms with E-state index in [2.05, 4.69) is 11.4 Å². The molecule has 2 heterocycles. The van der Waals surface area contributed by atoms with E-state index < -0.39 is 0 Å². The molecule has 1 aliphatic rings. The van der Waals surface area contributed by atoms with Crippen molar-refractivity contribution >= 4 is 23.2 Å². The molecule has 4 nitrogen and oxygen atoms in total. The van der Waals surface area contributed by atoms with E-state index in [4.69, 9.17) is 4.74 Å². The van der Waals surface area contributed by atoms with Crippen molar-refractivity contribution in [3.8, 4) is 0 Å². The van der Waals surface area contributed by atoms with E-state index in [1.165, 1.54) is 5.56 Å². The van der Waals surface area contributed by atoms with Gasteiger partial charge in [-0.1, -0.05) is 0 Å². The second-order valence-corrected chi connectivity index (χ2v) is 5.84. The second-order valence-electron chi connectivity index (χ2n) is 5.06. The SMILES string of the molecule is CCOC(=O)[C@H]1CCCN(C(=O)CCc2ccsc2)C1. The normalized spacial score (nSPS) is 18.9. The number of esters is 1. The maximum absolute atomic E-state index is 12.2. The van der Waals surface area contributed by atoms with Crippen molar-refractivity contribution < 1.29 is 14.3 Å². The van der Waals surface area contributed by atoms with E-state index in [0.29, 0.717) is 19.6 Å². The van der Waals surface area contributed by atoms with E-state index >= 15 is 0 Å². The molecule has 0 bridgehead atoms. The molecule has 20 heavy (non-hydrogen) atoms. The first-order valence-electron chi connectivity index (χ1n) is 7.16. The van der Waals surface area contributed by atoms with Gasteiger partial charge in [-0.25, -0.2) is 0 Å². The Balaban J connectivity index is 1.81. The second kappa shape index (κ2) is 7.43. The van der Waals surface area contributed by atoms with Crippen LogP contribution in [0.2, 0.25) is 0 Å². The highest BCUT2D eigenvalue weighted by Crippen LogP contribution is 2.19. The van der Waals surface area contributed by atoms with Crippen LogP contribution >= 0.6 is 11.3 Å². The quantitative estimate of drug-likeness (QED) is 0.784. The summed E-state index contributed by atoms with van der Waals surface area (Å²) in [5, 5.41) is 4.10.